The normalized spacial score (nSPS) is 17.4. The zero-order valence-electron chi connectivity index (χ0n) is 10.8. The Balaban J connectivity index is 2.15. The Morgan fingerprint density at radius 3 is 2.65 bits per heavy atom. The van der Waals surface area contributed by atoms with Crippen molar-refractivity contribution in [1.82, 2.24) is 4.98 Å². The molecule has 0 unspecified atom stereocenters. The maximum absolute atomic E-state index is 5.43. The zero-order chi connectivity index (χ0) is 12.0. The van der Waals surface area contributed by atoms with Gasteiger partial charge in [0, 0.05) is 28.1 Å². The molecule has 2 nitrogen and oxygen atoms in total. The smallest absolute Gasteiger partial charge is 0.124 e. The highest BCUT2D eigenvalue weighted by Gasteiger charge is 2.40. The van der Waals surface area contributed by atoms with Gasteiger partial charge >= 0.3 is 0 Å². The second-order valence-electron chi connectivity index (χ2n) is 5.35. The summed E-state index contributed by atoms with van der Waals surface area (Å²) in [5.74, 6) is 0.995. The van der Waals surface area contributed by atoms with E-state index in [0.29, 0.717) is 5.41 Å². The van der Waals surface area contributed by atoms with Crippen molar-refractivity contribution in [3.05, 3.63) is 29.5 Å². The lowest BCUT2D eigenvalue weighted by atomic mass is 10.1. The van der Waals surface area contributed by atoms with Crippen LogP contribution in [-0.2, 0) is 11.8 Å². The van der Waals surface area contributed by atoms with Crippen LogP contribution in [0, 0.1) is 0 Å². The SMILES string of the molecule is CCc1cc2cc(C3(C)CC3)[nH]c2cc1OC. The molecular weight excluding hydrogens is 210 g/mol. The van der Waals surface area contributed by atoms with Gasteiger partial charge in [-0.3, -0.25) is 0 Å². The van der Waals surface area contributed by atoms with E-state index in [4.69, 9.17) is 4.74 Å². The van der Waals surface area contributed by atoms with E-state index in [1.807, 2.05) is 0 Å². The number of hydrogen-bond donors (Lipinski definition) is 1. The molecule has 0 saturated heterocycles. The van der Waals surface area contributed by atoms with Gasteiger partial charge in [0.05, 0.1) is 7.11 Å². The Labute approximate surface area is 102 Å². The fourth-order valence-electron chi connectivity index (χ4n) is 2.46. The van der Waals surface area contributed by atoms with Gasteiger partial charge in [0.25, 0.3) is 0 Å². The predicted molar refractivity (Wildman–Crippen MR) is 70.8 cm³/mol. The first-order valence-electron chi connectivity index (χ1n) is 6.36. The van der Waals surface area contributed by atoms with E-state index in [1.165, 1.54) is 35.0 Å². The van der Waals surface area contributed by atoms with Crippen LogP contribution >= 0.6 is 0 Å². The summed E-state index contributed by atoms with van der Waals surface area (Å²) in [4.78, 5) is 3.54. The van der Waals surface area contributed by atoms with E-state index >= 15 is 0 Å². The lowest BCUT2D eigenvalue weighted by Crippen LogP contribution is -1.98. The lowest BCUT2D eigenvalue weighted by molar-refractivity contribution is 0.411. The molecule has 1 fully saturated rings. The number of aromatic amines is 1. The minimum absolute atomic E-state index is 0.401. The molecule has 0 amide bonds. The van der Waals surface area contributed by atoms with Gasteiger partial charge < -0.3 is 9.72 Å². The molecule has 1 heterocycles. The third-order valence-electron chi connectivity index (χ3n) is 4.05. The average molecular weight is 229 g/mol. The van der Waals surface area contributed by atoms with Crippen molar-refractivity contribution >= 4 is 10.9 Å². The van der Waals surface area contributed by atoms with Crippen LogP contribution in [0.3, 0.4) is 0 Å². The number of H-pyrrole nitrogens is 1. The van der Waals surface area contributed by atoms with Crippen LogP contribution in [0.25, 0.3) is 10.9 Å². The van der Waals surface area contributed by atoms with Crippen LogP contribution in [0.1, 0.15) is 37.9 Å². The summed E-state index contributed by atoms with van der Waals surface area (Å²) in [7, 11) is 1.74. The summed E-state index contributed by atoms with van der Waals surface area (Å²) in [6, 6.07) is 6.68. The van der Waals surface area contributed by atoms with Crippen LogP contribution in [-0.4, -0.2) is 12.1 Å². The number of aromatic nitrogens is 1. The Morgan fingerprint density at radius 1 is 1.29 bits per heavy atom. The highest BCUT2D eigenvalue weighted by Crippen LogP contribution is 2.48. The number of benzene rings is 1. The molecule has 2 heteroatoms. The Bertz CT molecular complexity index is 523. The third kappa shape index (κ3) is 1.63. The van der Waals surface area contributed by atoms with Gasteiger partial charge in [-0.2, -0.15) is 0 Å². The first kappa shape index (κ1) is 10.7. The number of nitrogens with one attached hydrogen (secondary N) is 1. The monoisotopic (exact) mass is 229 g/mol. The number of methoxy groups -OCH3 is 1. The summed E-state index contributed by atoms with van der Waals surface area (Å²) in [6.45, 7) is 4.50. The van der Waals surface area contributed by atoms with E-state index in [9.17, 15) is 0 Å². The number of hydrogen-bond acceptors (Lipinski definition) is 1. The first-order valence-corrected chi connectivity index (χ1v) is 6.36. The fraction of sp³-hybridized carbons (Fsp3) is 0.467. The topological polar surface area (TPSA) is 25.0 Å². The Hall–Kier alpha value is -1.44. The molecule has 90 valence electrons. The Kier molecular flexibility index (Phi) is 2.22. The van der Waals surface area contributed by atoms with Crippen LogP contribution in [0.15, 0.2) is 18.2 Å². The van der Waals surface area contributed by atoms with Crippen molar-refractivity contribution in [2.24, 2.45) is 0 Å². The molecule has 1 saturated carbocycles. The van der Waals surface area contributed by atoms with Gasteiger partial charge in [-0.05, 0) is 37.0 Å². The van der Waals surface area contributed by atoms with Crippen LogP contribution in [0.2, 0.25) is 0 Å². The van der Waals surface area contributed by atoms with Gasteiger partial charge in [-0.25, -0.2) is 0 Å². The maximum atomic E-state index is 5.43. The second-order valence-corrected chi connectivity index (χ2v) is 5.35. The molecule has 2 aromatic rings. The highest BCUT2D eigenvalue weighted by atomic mass is 16.5. The predicted octanol–water partition coefficient (Wildman–Crippen LogP) is 3.79. The fourth-order valence-corrected chi connectivity index (χ4v) is 2.46. The molecule has 1 N–H and O–H groups in total. The molecule has 0 atom stereocenters. The van der Waals surface area contributed by atoms with Gasteiger partial charge in [-0.15, -0.1) is 0 Å². The van der Waals surface area contributed by atoms with Crippen molar-refractivity contribution in [2.45, 2.75) is 38.5 Å². The van der Waals surface area contributed by atoms with E-state index in [2.05, 4.69) is 37.0 Å². The van der Waals surface area contributed by atoms with Crippen molar-refractivity contribution in [2.75, 3.05) is 7.11 Å². The summed E-state index contributed by atoms with van der Waals surface area (Å²) in [5, 5.41) is 1.31. The molecule has 3 rings (SSSR count). The molecule has 17 heavy (non-hydrogen) atoms. The molecule has 0 radical (unpaired) electrons. The van der Waals surface area contributed by atoms with Crippen LogP contribution < -0.4 is 4.74 Å². The maximum Gasteiger partial charge on any atom is 0.124 e. The molecule has 1 aromatic carbocycles. The van der Waals surface area contributed by atoms with Crippen molar-refractivity contribution < 1.29 is 4.74 Å². The van der Waals surface area contributed by atoms with E-state index in [0.717, 1.165) is 12.2 Å². The second kappa shape index (κ2) is 3.52. The van der Waals surface area contributed by atoms with E-state index in [-0.39, 0.29) is 0 Å². The van der Waals surface area contributed by atoms with Crippen molar-refractivity contribution in [3.8, 4) is 5.75 Å². The van der Waals surface area contributed by atoms with Crippen LogP contribution in [0.4, 0.5) is 0 Å². The highest BCUT2D eigenvalue weighted by molar-refractivity contribution is 5.83. The van der Waals surface area contributed by atoms with Crippen LogP contribution in [0.5, 0.6) is 5.75 Å². The third-order valence-corrected chi connectivity index (χ3v) is 4.05. The molecular formula is C15H19NO. The average Bonchev–Trinajstić information content (AvgIpc) is 2.94. The van der Waals surface area contributed by atoms with Gasteiger partial charge in [0.2, 0.25) is 0 Å². The number of aryl methyl sites for hydroxylation is 1. The van der Waals surface area contributed by atoms with Gasteiger partial charge in [0.15, 0.2) is 0 Å². The van der Waals surface area contributed by atoms with E-state index < -0.39 is 0 Å². The summed E-state index contributed by atoms with van der Waals surface area (Å²) >= 11 is 0. The number of fused-ring (bicyclic) bond motifs is 1. The quantitative estimate of drug-likeness (QED) is 0.851. The molecule has 0 spiro atoms. The number of rotatable bonds is 3. The minimum atomic E-state index is 0.401. The summed E-state index contributed by atoms with van der Waals surface area (Å²) in [6.07, 6.45) is 3.62. The van der Waals surface area contributed by atoms with E-state index in [1.54, 1.807) is 7.11 Å². The van der Waals surface area contributed by atoms with Crippen molar-refractivity contribution in [3.63, 3.8) is 0 Å². The molecule has 1 aromatic heterocycles. The van der Waals surface area contributed by atoms with Gasteiger partial charge in [0.1, 0.15) is 5.75 Å². The lowest BCUT2D eigenvalue weighted by Gasteiger charge is -2.06. The number of ether oxygens (including phenoxy) is 1. The van der Waals surface area contributed by atoms with Crippen molar-refractivity contribution in [1.29, 1.82) is 0 Å². The first-order chi connectivity index (χ1) is 8.16. The molecule has 1 aliphatic carbocycles. The minimum Gasteiger partial charge on any atom is -0.496 e. The standard InChI is InChI=1S/C15H19NO/c1-4-10-7-11-8-14(15(2)5-6-15)16-12(11)9-13(10)17-3/h7-9,16H,4-6H2,1-3H3. The summed E-state index contributed by atoms with van der Waals surface area (Å²) < 4.78 is 5.43. The zero-order valence-corrected chi connectivity index (χ0v) is 10.8. The van der Waals surface area contributed by atoms with Gasteiger partial charge in [-0.1, -0.05) is 13.8 Å². The Morgan fingerprint density at radius 2 is 2.06 bits per heavy atom. The molecule has 0 bridgehead atoms. The summed E-state index contributed by atoms with van der Waals surface area (Å²) in [5.41, 5.74) is 4.26. The molecule has 1 aliphatic rings. The largest absolute Gasteiger partial charge is 0.496 e. The molecule has 0 aliphatic heterocycles.